The highest BCUT2D eigenvalue weighted by Gasteiger charge is 2.17. The maximum Gasteiger partial charge on any atom is 0.271 e. The van der Waals surface area contributed by atoms with Gasteiger partial charge in [-0.25, -0.2) is 13.4 Å². The third-order valence-electron chi connectivity index (χ3n) is 3.67. The zero-order valence-corrected chi connectivity index (χ0v) is 15.7. The summed E-state index contributed by atoms with van der Waals surface area (Å²) in [6, 6.07) is 6.45. The van der Waals surface area contributed by atoms with E-state index in [-0.39, 0.29) is 16.8 Å². The molecule has 0 unspecified atom stereocenters. The number of sulfone groups is 1. The van der Waals surface area contributed by atoms with Gasteiger partial charge in [0, 0.05) is 11.6 Å². The van der Waals surface area contributed by atoms with E-state index in [4.69, 9.17) is 0 Å². The van der Waals surface area contributed by atoms with Gasteiger partial charge in [0.1, 0.15) is 5.69 Å². The summed E-state index contributed by atoms with van der Waals surface area (Å²) in [5, 5.41) is 5.71. The summed E-state index contributed by atoms with van der Waals surface area (Å²) in [5.74, 6) is -0.201. The first-order valence-corrected chi connectivity index (χ1v) is 10.7. The molecule has 0 spiro atoms. The fraction of sp³-hybridized carbons (Fsp3) is 0.412. The van der Waals surface area contributed by atoms with Crippen LogP contribution < -0.4 is 5.32 Å². The number of carbonyl (C=O) groups is 1. The maximum atomic E-state index is 12.4. The highest BCUT2D eigenvalue weighted by molar-refractivity contribution is 7.90. The summed E-state index contributed by atoms with van der Waals surface area (Å²) >= 11 is 1.50. The Kier molecular flexibility index (Phi) is 6.12. The van der Waals surface area contributed by atoms with Gasteiger partial charge in [-0.2, -0.15) is 0 Å². The Bertz CT molecular complexity index is 795. The number of amides is 1. The van der Waals surface area contributed by atoms with E-state index in [9.17, 15) is 13.2 Å². The summed E-state index contributed by atoms with van der Waals surface area (Å²) in [5.41, 5.74) is 1.32. The Balaban J connectivity index is 2.12. The topological polar surface area (TPSA) is 76.1 Å². The van der Waals surface area contributed by atoms with Crippen LogP contribution in [0.25, 0.3) is 0 Å². The van der Waals surface area contributed by atoms with Crippen LogP contribution in [0.4, 0.5) is 0 Å². The third-order valence-corrected chi connectivity index (χ3v) is 5.71. The van der Waals surface area contributed by atoms with Gasteiger partial charge in [-0.3, -0.25) is 4.79 Å². The molecule has 24 heavy (non-hydrogen) atoms. The van der Waals surface area contributed by atoms with Crippen molar-refractivity contribution in [2.75, 3.05) is 6.26 Å². The van der Waals surface area contributed by atoms with Gasteiger partial charge >= 0.3 is 0 Å². The zero-order chi connectivity index (χ0) is 17.7. The van der Waals surface area contributed by atoms with Crippen LogP contribution in [0.5, 0.6) is 0 Å². The van der Waals surface area contributed by atoms with Crippen LogP contribution in [0.3, 0.4) is 0 Å². The molecule has 1 aromatic carbocycles. The van der Waals surface area contributed by atoms with Crippen molar-refractivity contribution in [2.45, 2.75) is 44.0 Å². The maximum absolute atomic E-state index is 12.4. The summed E-state index contributed by atoms with van der Waals surface area (Å²) in [4.78, 5) is 17.0. The van der Waals surface area contributed by atoms with Crippen molar-refractivity contribution in [2.24, 2.45) is 0 Å². The number of rotatable bonds is 7. The number of hydrogen-bond donors (Lipinski definition) is 1. The van der Waals surface area contributed by atoms with E-state index in [1.807, 2.05) is 6.92 Å². The third kappa shape index (κ3) is 4.64. The van der Waals surface area contributed by atoms with Crippen molar-refractivity contribution in [3.8, 4) is 0 Å². The number of carbonyl (C=O) groups excluding carboxylic acids is 1. The molecule has 1 atom stereocenters. The van der Waals surface area contributed by atoms with Crippen LogP contribution in [0, 0.1) is 0 Å². The molecule has 5 nitrogen and oxygen atoms in total. The number of nitrogens with one attached hydrogen (secondary N) is 1. The van der Waals surface area contributed by atoms with E-state index < -0.39 is 9.84 Å². The lowest BCUT2D eigenvalue weighted by atomic mass is 10.0. The van der Waals surface area contributed by atoms with E-state index in [2.05, 4.69) is 17.2 Å². The quantitative estimate of drug-likeness (QED) is 0.815. The molecule has 0 aliphatic carbocycles. The molecular weight excluding hydrogens is 344 g/mol. The Labute approximate surface area is 147 Å². The molecule has 1 amide bonds. The number of nitrogens with zero attached hydrogens (tertiary/aromatic N) is 1. The number of benzene rings is 1. The molecule has 2 rings (SSSR count). The predicted octanol–water partition coefficient (Wildman–Crippen LogP) is 3.38. The molecule has 1 N–H and O–H groups in total. The fourth-order valence-electron chi connectivity index (χ4n) is 2.34. The molecule has 7 heteroatoms. The van der Waals surface area contributed by atoms with Gasteiger partial charge in [0.05, 0.1) is 15.9 Å². The van der Waals surface area contributed by atoms with Crippen LogP contribution >= 0.6 is 11.3 Å². The Morgan fingerprint density at radius 3 is 2.46 bits per heavy atom. The van der Waals surface area contributed by atoms with Gasteiger partial charge in [0.25, 0.3) is 5.91 Å². The monoisotopic (exact) mass is 366 g/mol. The number of thiazole rings is 1. The molecule has 0 aliphatic rings. The Morgan fingerprint density at radius 2 is 1.92 bits per heavy atom. The van der Waals surface area contributed by atoms with Crippen molar-refractivity contribution in [3.05, 3.63) is 45.9 Å². The minimum Gasteiger partial charge on any atom is -0.344 e. The molecule has 0 saturated carbocycles. The second-order valence-corrected chi connectivity index (χ2v) is 8.61. The SMILES string of the molecule is CCCc1nc(C(=O)N[C@H](CC)c2ccc(S(C)(=O)=O)cc2)cs1. The molecule has 0 aliphatic heterocycles. The number of aromatic nitrogens is 1. The van der Waals surface area contributed by atoms with Gasteiger partial charge in [-0.1, -0.05) is 26.0 Å². The van der Waals surface area contributed by atoms with Gasteiger partial charge in [-0.15, -0.1) is 11.3 Å². The second kappa shape index (κ2) is 7.90. The van der Waals surface area contributed by atoms with E-state index in [1.54, 1.807) is 29.6 Å². The summed E-state index contributed by atoms with van der Waals surface area (Å²) in [6.07, 6.45) is 3.76. The lowest BCUT2D eigenvalue weighted by Gasteiger charge is -2.17. The lowest BCUT2D eigenvalue weighted by Crippen LogP contribution is -2.28. The van der Waals surface area contributed by atoms with Crippen molar-refractivity contribution in [1.29, 1.82) is 0 Å². The van der Waals surface area contributed by atoms with Crippen LogP contribution in [0.1, 0.15) is 53.8 Å². The van der Waals surface area contributed by atoms with Crippen LogP contribution in [0.15, 0.2) is 34.5 Å². The van der Waals surface area contributed by atoms with Crippen molar-refractivity contribution in [3.63, 3.8) is 0 Å². The van der Waals surface area contributed by atoms with Gasteiger partial charge < -0.3 is 5.32 Å². The molecule has 0 saturated heterocycles. The number of hydrogen-bond acceptors (Lipinski definition) is 5. The average Bonchev–Trinajstić information content (AvgIpc) is 3.01. The fourth-order valence-corrected chi connectivity index (χ4v) is 3.86. The highest BCUT2D eigenvalue weighted by atomic mass is 32.2. The molecule has 130 valence electrons. The largest absolute Gasteiger partial charge is 0.344 e. The number of aryl methyl sites for hydroxylation is 1. The highest BCUT2D eigenvalue weighted by Crippen LogP contribution is 2.20. The van der Waals surface area contributed by atoms with Crippen LogP contribution in [-0.4, -0.2) is 25.6 Å². The summed E-state index contributed by atoms with van der Waals surface area (Å²) in [6.45, 7) is 4.05. The minimum atomic E-state index is -3.22. The first-order valence-electron chi connectivity index (χ1n) is 7.90. The van der Waals surface area contributed by atoms with E-state index >= 15 is 0 Å². The standard InChI is InChI=1S/C17H22N2O3S2/c1-4-6-16-18-15(11-23-16)17(20)19-14(5-2)12-7-9-13(10-8-12)24(3,21)22/h7-11,14H,4-6H2,1-3H3,(H,19,20)/t14-/m1/s1. The molecule has 1 heterocycles. The molecule has 2 aromatic rings. The molecule has 1 aromatic heterocycles. The molecule has 0 bridgehead atoms. The molecule has 0 radical (unpaired) electrons. The Hall–Kier alpha value is -1.73. The summed E-state index contributed by atoms with van der Waals surface area (Å²) in [7, 11) is -3.22. The van der Waals surface area contributed by atoms with Gasteiger partial charge in [0.15, 0.2) is 9.84 Å². The van der Waals surface area contributed by atoms with E-state index in [0.717, 1.165) is 23.4 Å². The Morgan fingerprint density at radius 1 is 1.25 bits per heavy atom. The normalized spacial score (nSPS) is 12.8. The first-order chi connectivity index (χ1) is 11.3. The molecule has 0 fully saturated rings. The van der Waals surface area contributed by atoms with Crippen molar-refractivity contribution >= 4 is 27.1 Å². The molecular formula is C17H22N2O3S2. The summed E-state index contributed by atoms with van der Waals surface area (Å²) < 4.78 is 23.1. The lowest BCUT2D eigenvalue weighted by molar-refractivity contribution is 0.0931. The van der Waals surface area contributed by atoms with E-state index in [1.165, 1.54) is 17.6 Å². The second-order valence-electron chi connectivity index (χ2n) is 5.65. The minimum absolute atomic E-state index is 0.178. The van der Waals surface area contributed by atoms with E-state index in [0.29, 0.717) is 12.1 Å². The first kappa shape index (κ1) is 18.6. The van der Waals surface area contributed by atoms with Crippen molar-refractivity contribution < 1.29 is 13.2 Å². The average molecular weight is 367 g/mol. The van der Waals surface area contributed by atoms with Gasteiger partial charge in [0.2, 0.25) is 0 Å². The van der Waals surface area contributed by atoms with Crippen LogP contribution in [0.2, 0.25) is 0 Å². The van der Waals surface area contributed by atoms with Crippen LogP contribution in [-0.2, 0) is 16.3 Å². The van der Waals surface area contributed by atoms with Crippen molar-refractivity contribution in [1.82, 2.24) is 10.3 Å². The zero-order valence-electron chi connectivity index (χ0n) is 14.1. The van der Waals surface area contributed by atoms with Gasteiger partial charge in [-0.05, 0) is 37.0 Å². The smallest absolute Gasteiger partial charge is 0.271 e. The predicted molar refractivity (Wildman–Crippen MR) is 96.2 cm³/mol.